The summed E-state index contributed by atoms with van der Waals surface area (Å²) in [5, 5.41) is 14.6. The van der Waals surface area contributed by atoms with E-state index in [4.69, 9.17) is 4.52 Å². The van der Waals surface area contributed by atoms with Gasteiger partial charge in [-0.05, 0) is 24.1 Å². The van der Waals surface area contributed by atoms with Crippen LogP contribution in [-0.4, -0.2) is 32.0 Å². The van der Waals surface area contributed by atoms with E-state index in [-0.39, 0.29) is 5.75 Å². The fraction of sp³-hybridized carbons (Fsp3) is 0.467. The number of aromatic nitrogens is 2. The average Bonchev–Trinajstić information content (AvgIpc) is 2.95. The molecule has 1 saturated heterocycles. The largest absolute Gasteiger partial charge is 0.508 e. The topological polar surface area (TPSA) is 59.2 Å². The Morgan fingerprint density at radius 2 is 2.19 bits per heavy atom. The first kappa shape index (κ1) is 14.8. The number of rotatable bonds is 4. The number of hydrogen-bond acceptors (Lipinski definition) is 6. The van der Waals surface area contributed by atoms with Crippen LogP contribution in [0, 0.1) is 0 Å². The summed E-state index contributed by atoms with van der Waals surface area (Å²) >= 11 is 3.93. The van der Waals surface area contributed by atoms with E-state index >= 15 is 0 Å². The van der Waals surface area contributed by atoms with Crippen molar-refractivity contribution in [3.8, 4) is 5.75 Å². The van der Waals surface area contributed by atoms with E-state index in [1.807, 2.05) is 35.7 Å². The third-order valence-electron chi connectivity index (χ3n) is 3.46. The summed E-state index contributed by atoms with van der Waals surface area (Å²) in [6.45, 7) is 2.21. The fourth-order valence-corrected chi connectivity index (χ4v) is 5.42. The predicted octanol–water partition coefficient (Wildman–Crippen LogP) is 3.67. The molecule has 6 heteroatoms. The van der Waals surface area contributed by atoms with E-state index in [9.17, 15) is 5.11 Å². The number of benzene rings is 1. The third kappa shape index (κ3) is 3.55. The number of phenolic OH excluding ortho intramolecular Hbond substituents is 1. The van der Waals surface area contributed by atoms with E-state index in [1.165, 1.54) is 5.75 Å². The molecule has 1 aliphatic heterocycles. The van der Waals surface area contributed by atoms with Gasteiger partial charge in [-0.25, -0.2) is 0 Å². The molecule has 1 aromatic heterocycles. The Morgan fingerprint density at radius 3 is 3.00 bits per heavy atom. The molecule has 0 radical (unpaired) electrons. The van der Waals surface area contributed by atoms with Crippen LogP contribution in [0.25, 0.3) is 0 Å². The van der Waals surface area contributed by atoms with Gasteiger partial charge in [0, 0.05) is 16.8 Å². The van der Waals surface area contributed by atoms with Gasteiger partial charge in [-0.15, -0.1) is 11.8 Å². The van der Waals surface area contributed by atoms with Gasteiger partial charge in [0.25, 0.3) is 0 Å². The summed E-state index contributed by atoms with van der Waals surface area (Å²) in [6, 6.07) is 7.15. The lowest BCUT2D eigenvalue weighted by Crippen LogP contribution is -2.19. The molecule has 1 fully saturated rings. The van der Waals surface area contributed by atoms with E-state index in [1.54, 1.807) is 12.1 Å². The van der Waals surface area contributed by atoms with Gasteiger partial charge in [0.15, 0.2) is 5.82 Å². The van der Waals surface area contributed by atoms with Crippen molar-refractivity contribution >= 4 is 23.5 Å². The Kier molecular flexibility index (Phi) is 4.75. The van der Waals surface area contributed by atoms with Gasteiger partial charge in [-0.1, -0.05) is 24.2 Å². The lowest BCUT2D eigenvalue weighted by Gasteiger charge is -2.27. The van der Waals surface area contributed by atoms with Crippen LogP contribution in [0.15, 0.2) is 28.8 Å². The Hall–Kier alpha value is -1.14. The molecule has 3 rings (SSSR count). The second-order valence-electron chi connectivity index (χ2n) is 5.00. The molecule has 4 nitrogen and oxygen atoms in total. The van der Waals surface area contributed by atoms with Crippen LogP contribution in [-0.2, 0) is 6.42 Å². The van der Waals surface area contributed by atoms with Crippen LogP contribution in [0.1, 0.15) is 35.9 Å². The summed E-state index contributed by atoms with van der Waals surface area (Å²) in [5.41, 5.74) is 0.975. The zero-order chi connectivity index (χ0) is 14.7. The van der Waals surface area contributed by atoms with Crippen molar-refractivity contribution < 1.29 is 9.63 Å². The molecule has 0 spiro atoms. The van der Waals surface area contributed by atoms with Crippen LogP contribution in [0.2, 0.25) is 0 Å². The molecule has 1 N–H and O–H groups in total. The summed E-state index contributed by atoms with van der Waals surface area (Å²) in [4.78, 5) is 4.56. The molecule has 2 heterocycles. The van der Waals surface area contributed by atoms with Crippen molar-refractivity contribution in [3.63, 3.8) is 0 Å². The van der Waals surface area contributed by atoms with Gasteiger partial charge in [-0.3, -0.25) is 0 Å². The maximum Gasteiger partial charge on any atom is 0.231 e. The molecule has 1 aromatic carbocycles. The maximum atomic E-state index is 9.49. The van der Waals surface area contributed by atoms with Crippen molar-refractivity contribution in [1.29, 1.82) is 0 Å². The van der Waals surface area contributed by atoms with E-state index in [2.05, 4.69) is 17.1 Å². The third-order valence-corrected chi connectivity index (χ3v) is 6.70. The highest BCUT2D eigenvalue weighted by Gasteiger charge is 2.30. The van der Waals surface area contributed by atoms with Crippen LogP contribution in [0.4, 0.5) is 0 Å². The Balaban J connectivity index is 1.73. The number of phenols is 1. The van der Waals surface area contributed by atoms with Crippen molar-refractivity contribution in [1.82, 2.24) is 10.1 Å². The first-order valence-electron chi connectivity index (χ1n) is 7.10. The Labute approximate surface area is 132 Å². The lowest BCUT2D eigenvalue weighted by molar-refractivity contribution is 0.378. The summed E-state index contributed by atoms with van der Waals surface area (Å²) in [6.07, 6.45) is 1.68. The van der Waals surface area contributed by atoms with Gasteiger partial charge < -0.3 is 9.63 Å². The molecule has 2 unspecified atom stereocenters. The lowest BCUT2D eigenvalue weighted by atomic mass is 10.1. The van der Waals surface area contributed by atoms with Gasteiger partial charge in [0.1, 0.15) is 5.75 Å². The highest BCUT2D eigenvalue weighted by Crippen LogP contribution is 2.42. The average molecular weight is 322 g/mol. The molecule has 21 heavy (non-hydrogen) atoms. The van der Waals surface area contributed by atoms with Crippen LogP contribution >= 0.6 is 23.5 Å². The number of aromatic hydroxyl groups is 1. The quantitative estimate of drug-likeness (QED) is 0.927. The molecule has 0 aliphatic carbocycles. The van der Waals surface area contributed by atoms with Crippen molar-refractivity contribution in [2.45, 2.75) is 30.3 Å². The highest BCUT2D eigenvalue weighted by molar-refractivity contribution is 8.06. The molecule has 0 saturated carbocycles. The first-order valence-corrected chi connectivity index (χ1v) is 9.19. The minimum Gasteiger partial charge on any atom is -0.508 e. The normalized spacial score (nSPS) is 22.3. The second-order valence-corrected chi connectivity index (χ2v) is 7.60. The minimum absolute atomic E-state index is 0.262. The van der Waals surface area contributed by atoms with Gasteiger partial charge >= 0.3 is 0 Å². The highest BCUT2D eigenvalue weighted by atomic mass is 32.2. The second kappa shape index (κ2) is 6.75. The zero-order valence-electron chi connectivity index (χ0n) is 11.9. The predicted molar refractivity (Wildman–Crippen MR) is 86.9 cm³/mol. The van der Waals surface area contributed by atoms with E-state index in [0.29, 0.717) is 22.8 Å². The minimum atomic E-state index is 0.262. The molecular formula is C15H18N2O2S2. The van der Waals surface area contributed by atoms with Crippen LogP contribution in [0.5, 0.6) is 5.75 Å². The smallest absolute Gasteiger partial charge is 0.231 e. The van der Waals surface area contributed by atoms with Crippen molar-refractivity contribution in [3.05, 3.63) is 41.5 Å². The standard InChI is InChI=1S/C15H18N2O2S2/c1-2-12-14(21-7-6-20-12)15-16-13(19-17-15)9-10-4-3-5-11(18)8-10/h3-5,8,12,14,18H,2,6-7,9H2,1H3. The molecule has 0 bridgehead atoms. The zero-order valence-corrected chi connectivity index (χ0v) is 13.5. The summed E-state index contributed by atoms with van der Waals surface area (Å²) in [5.74, 6) is 4.03. The number of nitrogens with zero attached hydrogens (tertiary/aromatic N) is 2. The first-order chi connectivity index (χ1) is 10.3. The summed E-state index contributed by atoms with van der Waals surface area (Å²) in [7, 11) is 0. The SMILES string of the molecule is CCC1SCCSC1c1noc(Cc2cccc(O)c2)n1. The monoisotopic (exact) mass is 322 g/mol. The van der Waals surface area contributed by atoms with Crippen LogP contribution in [0.3, 0.4) is 0 Å². The Morgan fingerprint density at radius 1 is 1.33 bits per heavy atom. The molecular weight excluding hydrogens is 304 g/mol. The molecule has 2 atom stereocenters. The van der Waals surface area contributed by atoms with E-state index in [0.717, 1.165) is 23.6 Å². The van der Waals surface area contributed by atoms with Gasteiger partial charge in [0.2, 0.25) is 5.89 Å². The van der Waals surface area contributed by atoms with Crippen LogP contribution < -0.4 is 0 Å². The molecule has 1 aliphatic rings. The number of hydrogen-bond donors (Lipinski definition) is 1. The van der Waals surface area contributed by atoms with Gasteiger partial charge in [0.05, 0.1) is 11.7 Å². The van der Waals surface area contributed by atoms with E-state index < -0.39 is 0 Å². The Bertz CT molecular complexity index is 603. The molecule has 112 valence electrons. The molecule has 0 amide bonds. The maximum absolute atomic E-state index is 9.49. The van der Waals surface area contributed by atoms with Gasteiger partial charge in [-0.2, -0.15) is 16.7 Å². The molecule has 2 aromatic rings. The van der Waals surface area contributed by atoms with Crippen molar-refractivity contribution in [2.24, 2.45) is 0 Å². The van der Waals surface area contributed by atoms with Crippen molar-refractivity contribution in [2.75, 3.05) is 11.5 Å². The summed E-state index contributed by atoms with van der Waals surface area (Å²) < 4.78 is 5.39. The fourth-order valence-electron chi connectivity index (χ4n) is 2.44. The number of thioether (sulfide) groups is 2.